The highest BCUT2D eigenvalue weighted by atomic mass is 16.5. The lowest BCUT2D eigenvalue weighted by Gasteiger charge is -2.13. The van der Waals surface area contributed by atoms with Crippen LogP contribution in [0.2, 0.25) is 0 Å². The number of ether oxygens (including phenoxy) is 3. The van der Waals surface area contributed by atoms with E-state index in [2.05, 4.69) is 6.92 Å². The van der Waals surface area contributed by atoms with Gasteiger partial charge >= 0.3 is 5.97 Å². The molecular weight excluding hydrogens is 316 g/mol. The molecule has 0 aliphatic heterocycles. The molecule has 0 saturated heterocycles. The van der Waals surface area contributed by atoms with Crippen molar-refractivity contribution in [3.05, 3.63) is 59.7 Å². The number of aryl methyl sites for hydroxylation is 1. The monoisotopic (exact) mass is 340 g/mol. The predicted molar refractivity (Wildman–Crippen MR) is 99.2 cm³/mol. The average molecular weight is 340 g/mol. The number of rotatable bonds is 7. The van der Waals surface area contributed by atoms with Crippen LogP contribution in [0.4, 0.5) is 0 Å². The van der Waals surface area contributed by atoms with Gasteiger partial charge in [-0.05, 0) is 61.7 Å². The van der Waals surface area contributed by atoms with Gasteiger partial charge in [0.25, 0.3) is 0 Å². The van der Waals surface area contributed by atoms with Crippen molar-refractivity contribution >= 4 is 12.0 Å². The molecule has 0 saturated carbocycles. The minimum Gasteiger partial charge on any atom is -0.493 e. The van der Waals surface area contributed by atoms with Gasteiger partial charge in [-0.15, -0.1) is 0 Å². The third kappa shape index (κ3) is 5.68. The van der Waals surface area contributed by atoms with Crippen molar-refractivity contribution in [2.75, 3.05) is 7.11 Å². The number of benzene rings is 2. The lowest BCUT2D eigenvalue weighted by Crippen LogP contribution is -2.06. The first-order valence-corrected chi connectivity index (χ1v) is 8.35. The quantitative estimate of drug-likeness (QED) is 0.418. The Bertz CT molecular complexity index is 730. The average Bonchev–Trinajstić information content (AvgIpc) is 2.61. The second kappa shape index (κ2) is 8.92. The van der Waals surface area contributed by atoms with E-state index >= 15 is 0 Å². The van der Waals surface area contributed by atoms with Crippen molar-refractivity contribution in [1.29, 1.82) is 0 Å². The van der Waals surface area contributed by atoms with Crippen LogP contribution in [0.5, 0.6) is 17.2 Å². The molecule has 2 aromatic carbocycles. The van der Waals surface area contributed by atoms with Gasteiger partial charge in [-0.2, -0.15) is 0 Å². The number of hydrogen-bond donors (Lipinski definition) is 0. The van der Waals surface area contributed by atoms with E-state index in [0.717, 1.165) is 12.0 Å². The first-order chi connectivity index (χ1) is 12.0. The molecule has 0 amide bonds. The lowest BCUT2D eigenvalue weighted by molar-refractivity contribution is -0.128. The van der Waals surface area contributed by atoms with Crippen LogP contribution in [-0.4, -0.2) is 19.2 Å². The van der Waals surface area contributed by atoms with Crippen LogP contribution < -0.4 is 14.2 Å². The van der Waals surface area contributed by atoms with Crippen molar-refractivity contribution in [3.8, 4) is 17.2 Å². The lowest BCUT2D eigenvalue weighted by atomic mass is 10.2. The normalized spacial score (nSPS) is 10.9. The predicted octanol–water partition coefficient (Wildman–Crippen LogP) is 4.66. The molecule has 0 aromatic heterocycles. The van der Waals surface area contributed by atoms with Crippen molar-refractivity contribution in [3.63, 3.8) is 0 Å². The van der Waals surface area contributed by atoms with Gasteiger partial charge in [0.1, 0.15) is 5.75 Å². The Morgan fingerprint density at radius 3 is 2.40 bits per heavy atom. The second-order valence-corrected chi connectivity index (χ2v) is 5.83. The summed E-state index contributed by atoms with van der Waals surface area (Å²) in [5, 5.41) is 0. The zero-order valence-corrected chi connectivity index (χ0v) is 15.1. The van der Waals surface area contributed by atoms with Gasteiger partial charge in [0.2, 0.25) is 0 Å². The van der Waals surface area contributed by atoms with Crippen LogP contribution in [0.15, 0.2) is 48.5 Å². The topological polar surface area (TPSA) is 44.8 Å². The fourth-order valence-corrected chi connectivity index (χ4v) is 2.25. The van der Waals surface area contributed by atoms with Crippen LogP contribution in [0.3, 0.4) is 0 Å². The third-order valence-corrected chi connectivity index (χ3v) is 3.51. The molecule has 0 aliphatic carbocycles. The number of carbonyl (C=O) groups is 1. The maximum Gasteiger partial charge on any atom is 0.336 e. The Balaban J connectivity index is 2.03. The summed E-state index contributed by atoms with van der Waals surface area (Å²) >= 11 is 0. The highest BCUT2D eigenvalue weighted by molar-refractivity contribution is 5.88. The fourth-order valence-electron chi connectivity index (χ4n) is 2.25. The molecule has 4 nitrogen and oxygen atoms in total. The highest BCUT2D eigenvalue weighted by Crippen LogP contribution is 2.29. The summed E-state index contributed by atoms with van der Waals surface area (Å²) in [7, 11) is 1.59. The van der Waals surface area contributed by atoms with Crippen molar-refractivity contribution < 1.29 is 19.0 Å². The number of hydrogen-bond acceptors (Lipinski definition) is 4. The van der Waals surface area contributed by atoms with E-state index in [1.807, 2.05) is 44.2 Å². The Hall–Kier alpha value is -2.75. The molecule has 0 aliphatic rings. The molecule has 132 valence electrons. The van der Waals surface area contributed by atoms with Crippen LogP contribution >= 0.6 is 0 Å². The van der Waals surface area contributed by atoms with Crippen molar-refractivity contribution in [1.82, 2.24) is 0 Å². The standard InChI is InChI=1S/C21H24O4/c1-5-16-6-10-18(11-7-16)25-21(22)13-9-17-8-12-19(24-15(2)3)20(14-17)23-4/h6-15H,5H2,1-4H3/b13-9+. The van der Waals surface area contributed by atoms with Gasteiger partial charge in [-0.3, -0.25) is 0 Å². The van der Waals surface area contributed by atoms with Crippen molar-refractivity contribution in [2.45, 2.75) is 33.3 Å². The molecular formula is C21H24O4. The molecule has 0 N–H and O–H groups in total. The zero-order chi connectivity index (χ0) is 18.2. The molecule has 0 atom stereocenters. The first kappa shape index (κ1) is 18.6. The molecule has 0 heterocycles. The Morgan fingerprint density at radius 2 is 1.80 bits per heavy atom. The molecule has 0 fully saturated rings. The Kier molecular flexibility index (Phi) is 6.63. The Morgan fingerprint density at radius 1 is 1.08 bits per heavy atom. The van der Waals surface area contributed by atoms with Gasteiger partial charge in [0, 0.05) is 6.08 Å². The van der Waals surface area contributed by atoms with E-state index in [9.17, 15) is 4.79 Å². The molecule has 0 spiro atoms. The summed E-state index contributed by atoms with van der Waals surface area (Å²) < 4.78 is 16.3. The molecule has 0 radical (unpaired) electrons. The second-order valence-electron chi connectivity index (χ2n) is 5.83. The van der Waals surface area contributed by atoms with Crippen LogP contribution in [0, 0.1) is 0 Å². The summed E-state index contributed by atoms with van der Waals surface area (Å²) in [6, 6.07) is 13.0. The van der Waals surface area contributed by atoms with Gasteiger partial charge in [-0.25, -0.2) is 4.79 Å². The van der Waals surface area contributed by atoms with E-state index in [0.29, 0.717) is 17.2 Å². The van der Waals surface area contributed by atoms with Gasteiger partial charge in [-0.1, -0.05) is 25.1 Å². The molecule has 25 heavy (non-hydrogen) atoms. The summed E-state index contributed by atoms with van der Waals surface area (Å²) in [6.07, 6.45) is 4.09. The van der Waals surface area contributed by atoms with Crippen LogP contribution in [0.25, 0.3) is 6.08 Å². The van der Waals surface area contributed by atoms with Crippen molar-refractivity contribution in [2.24, 2.45) is 0 Å². The SMILES string of the molecule is CCc1ccc(OC(=O)/C=C/c2ccc(OC(C)C)c(OC)c2)cc1. The van der Waals surface area contributed by atoms with E-state index in [4.69, 9.17) is 14.2 Å². The minimum atomic E-state index is -0.425. The molecule has 2 rings (SSSR count). The molecule has 2 aromatic rings. The van der Waals surface area contributed by atoms with E-state index < -0.39 is 5.97 Å². The fraction of sp³-hybridized carbons (Fsp3) is 0.286. The summed E-state index contributed by atoms with van der Waals surface area (Å²) in [5.74, 6) is 1.41. The van der Waals surface area contributed by atoms with E-state index in [-0.39, 0.29) is 6.10 Å². The number of esters is 1. The number of carbonyl (C=O) groups excluding carboxylic acids is 1. The highest BCUT2D eigenvalue weighted by Gasteiger charge is 2.07. The molecule has 0 bridgehead atoms. The zero-order valence-electron chi connectivity index (χ0n) is 15.1. The number of methoxy groups -OCH3 is 1. The summed E-state index contributed by atoms with van der Waals surface area (Å²) in [4.78, 5) is 11.9. The van der Waals surface area contributed by atoms with Crippen LogP contribution in [-0.2, 0) is 11.2 Å². The van der Waals surface area contributed by atoms with Crippen LogP contribution in [0.1, 0.15) is 31.9 Å². The minimum absolute atomic E-state index is 0.0596. The Labute approximate surface area is 149 Å². The van der Waals surface area contributed by atoms with E-state index in [1.54, 1.807) is 25.3 Å². The maximum atomic E-state index is 11.9. The first-order valence-electron chi connectivity index (χ1n) is 8.35. The smallest absolute Gasteiger partial charge is 0.336 e. The summed E-state index contributed by atoms with van der Waals surface area (Å²) in [5.41, 5.74) is 2.03. The van der Waals surface area contributed by atoms with Gasteiger partial charge in [0.05, 0.1) is 13.2 Å². The maximum absolute atomic E-state index is 11.9. The third-order valence-electron chi connectivity index (χ3n) is 3.51. The molecule has 4 heteroatoms. The molecule has 0 unspecified atom stereocenters. The largest absolute Gasteiger partial charge is 0.493 e. The van der Waals surface area contributed by atoms with E-state index in [1.165, 1.54) is 11.6 Å². The van der Waals surface area contributed by atoms with Gasteiger partial charge < -0.3 is 14.2 Å². The summed E-state index contributed by atoms with van der Waals surface area (Å²) in [6.45, 7) is 5.99. The van der Waals surface area contributed by atoms with Gasteiger partial charge in [0.15, 0.2) is 11.5 Å².